The zero-order chi connectivity index (χ0) is 12.1. The second kappa shape index (κ2) is 4.09. The van der Waals surface area contributed by atoms with Crippen molar-refractivity contribution in [3.05, 3.63) is 0 Å². The van der Waals surface area contributed by atoms with Crippen molar-refractivity contribution >= 4 is 29.4 Å². The lowest BCUT2D eigenvalue weighted by Gasteiger charge is -2.52. The minimum Gasteiger partial charge on any atom is -0.329 e. The van der Waals surface area contributed by atoms with Crippen LogP contribution in [0.25, 0.3) is 0 Å². The van der Waals surface area contributed by atoms with Gasteiger partial charge in [-0.05, 0) is 31.4 Å². The molecule has 1 amide bonds. The molecule has 17 heavy (non-hydrogen) atoms. The number of carbonyl (C=O) groups is 1. The first kappa shape index (κ1) is 12.2. The molecule has 4 heteroatoms. The first-order valence-electron chi connectivity index (χ1n) is 6.58. The van der Waals surface area contributed by atoms with Crippen molar-refractivity contribution in [2.24, 2.45) is 5.41 Å². The lowest BCUT2D eigenvalue weighted by Crippen LogP contribution is -2.53. The van der Waals surface area contributed by atoms with E-state index in [1.165, 1.54) is 31.4 Å². The van der Waals surface area contributed by atoms with E-state index in [1.54, 1.807) is 0 Å². The van der Waals surface area contributed by atoms with E-state index >= 15 is 0 Å². The Labute approximate surface area is 112 Å². The van der Waals surface area contributed by atoms with Gasteiger partial charge in [-0.1, -0.05) is 13.8 Å². The van der Waals surface area contributed by atoms with Gasteiger partial charge in [0.1, 0.15) is 0 Å². The topological polar surface area (TPSA) is 20.3 Å². The average molecular weight is 271 g/mol. The summed E-state index contributed by atoms with van der Waals surface area (Å²) in [4.78, 5) is 14.1. The van der Waals surface area contributed by atoms with E-state index in [-0.39, 0.29) is 0 Å². The third-order valence-electron chi connectivity index (χ3n) is 4.44. The fraction of sp³-hybridized carbons (Fsp3) is 0.923. The van der Waals surface area contributed by atoms with Crippen molar-refractivity contribution in [1.82, 2.24) is 4.90 Å². The van der Waals surface area contributed by atoms with Crippen LogP contribution in [0.1, 0.15) is 39.5 Å². The third kappa shape index (κ3) is 2.01. The van der Waals surface area contributed by atoms with Crippen molar-refractivity contribution in [3.8, 4) is 0 Å². The largest absolute Gasteiger partial charge is 0.329 e. The summed E-state index contributed by atoms with van der Waals surface area (Å²) >= 11 is 4.02. The molecule has 96 valence electrons. The minimum absolute atomic E-state index is 0.384. The standard InChI is InChI=1S/C13H21NOS2/c1-12(2)9-13(5-7-17-12)4-3-6-14-10(15)8-16-11(13)14/h11H,3-9H2,1-2H3/t11-,13+/m1/s1. The molecule has 1 spiro atoms. The van der Waals surface area contributed by atoms with Crippen LogP contribution in [0.4, 0.5) is 0 Å². The summed E-state index contributed by atoms with van der Waals surface area (Å²) in [5.41, 5.74) is 0.420. The Morgan fingerprint density at radius 2 is 2.18 bits per heavy atom. The van der Waals surface area contributed by atoms with E-state index in [1.807, 2.05) is 11.8 Å². The van der Waals surface area contributed by atoms with Gasteiger partial charge in [0.2, 0.25) is 5.91 Å². The van der Waals surface area contributed by atoms with Gasteiger partial charge in [-0.3, -0.25) is 4.79 Å². The molecule has 0 unspecified atom stereocenters. The molecule has 3 rings (SSSR count). The highest BCUT2D eigenvalue weighted by atomic mass is 32.2. The number of amides is 1. The molecule has 2 nitrogen and oxygen atoms in total. The lowest BCUT2D eigenvalue weighted by molar-refractivity contribution is -0.132. The summed E-state index contributed by atoms with van der Waals surface area (Å²) in [7, 11) is 0. The molecular weight excluding hydrogens is 250 g/mol. The van der Waals surface area contributed by atoms with Crippen LogP contribution in [0.2, 0.25) is 0 Å². The number of rotatable bonds is 0. The molecular formula is C13H21NOS2. The van der Waals surface area contributed by atoms with Crippen LogP contribution in [-0.2, 0) is 4.79 Å². The third-order valence-corrected chi connectivity index (χ3v) is 7.25. The van der Waals surface area contributed by atoms with Crippen molar-refractivity contribution in [2.45, 2.75) is 49.7 Å². The molecule has 3 aliphatic rings. The van der Waals surface area contributed by atoms with E-state index in [2.05, 4.69) is 30.5 Å². The van der Waals surface area contributed by atoms with Crippen LogP contribution in [0, 0.1) is 5.41 Å². The van der Waals surface area contributed by atoms with Crippen molar-refractivity contribution < 1.29 is 4.79 Å². The molecule has 0 aromatic heterocycles. The summed E-state index contributed by atoms with van der Waals surface area (Å²) < 4.78 is 0.396. The Bertz CT molecular complexity index is 340. The van der Waals surface area contributed by atoms with E-state index in [0.29, 0.717) is 21.4 Å². The molecule has 0 bridgehead atoms. The number of hydrogen-bond donors (Lipinski definition) is 0. The highest BCUT2D eigenvalue weighted by molar-refractivity contribution is 8.01. The minimum atomic E-state index is 0.384. The molecule has 0 saturated carbocycles. The molecule has 0 aromatic carbocycles. The Balaban J connectivity index is 1.88. The quantitative estimate of drug-likeness (QED) is 0.675. The zero-order valence-electron chi connectivity index (χ0n) is 10.7. The fourth-order valence-corrected chi connectivity index (χ4v) is 6.86. The second-order valence-electron chi connectivity index (χ2n) is 6.25. The highest BCUT2D eigenvalue weighted by Gasteiger charge is 2.53. The van der Waals surface area contributed by atoms with Gasteiger partial charge < -0.3 is 4.90 Å². The molecule has 0 N–H and O–H groups in total. The van der Waals surface area contributed by atoms with Crippen molar-refractivity contribution in [3.63, 3.8) is 0 Å². The molecule has 0 aliphatic carbocycles. The van der Waals surface area contributed by atoms with Crippen LogP contribution in [0.5, 0.6) is 0 Å². The number of thioether (sulfide) groups is 2. The monoisotopic (exact) mass is 271 g/mol. The first-order valence-corrected chi connectivity index (χ1v) is 8.61. The van der Waals surface area contributed by atoms with E-state index < -0.39 is 0 Å². The van der Waals surface area contributed by atoms with Gasteiger partial charge in [0, 0.05) is 16.7 Å². The van der Waals surface area contributed by atoms with Crippen LogP contribution < -0.4 is 0 Å². The van der Waals surface area contributed by atoms with Gasteiger partial charge in [0.15, 0.2) is 0 Å². The summed E-state index contributed by atoms with van der Waals surface area (Å²) in [5.74, 6) is 2.38. The van der Waals surface area contributed by atoms with Crippen LogP contribution >= 0.6 is 23.5 Å². The highest BCUT2D eigenvalue weighted by Crippen LogP contribution is 2.56. The van der Waals surface area contributed by atoms with E-state index in [9.17, 15) is 4.79 Å². The number of hydrogen-bond acceptors (Lipinski definition) is 3. The van der Waals surface area contributed by atoms with Crippen LogP contribution in [0.15, 0.2) is 0 Å². The Morgan fingerprint density at radius 1 is 1.35 bits per heavy atom. The maximum absolute atomic E-state index is 11.9. The Morgan fingerprint density at radius 3 is 2.94 bits per heavy atom. The molecule has 0 radical (unpaired) electrons. The SMILES string of the molecule is CC1(C)C[C@]2(CCCN3C(=O)CS[C@@H]32)CCS1. The van der Waals surface area contributed by atoms with E-state index in [4.69, 9.17) is 0 Å². The smallest absolute Gasteiger partial charge is 0.233 e. The number of fused-ring (bicyclic) bond motifs is 2. The van der Waals surface area contributed by atoms with Crippen molar-refractivity contribution in [2.75, 3.05) is 18.1 Å². The van der Waals surface area contributed by atoms with E-state index in [0.717, 1.165) is 12.3 Å². The molecule has 3 aliphatic heterocycles. The maximum atomic E-state index is 11.9. The van der Waals surface area contributed by atoms with Crippen LogP contribution in [0.3, 0.4) is 0 Å². The van der Waals surface area contributed by atoms with Crippen LogP contribution in [-0.4, -0.2) is 39.0 Å². The Kier molecular flexibility index (Phi) is 2.94. The average Bonchev–Trinajstić information content (AvgIpc) is 2.61. The first-order chi connectivity index (χ1) is 8.03. The summed E-state index contributed by atoms with van der Waals surface area (Å²) in [6.07, 6.45) is 5.14. The predicted octanol–water partition coefficient (Wildman–Crippen LogP) is 2.97. The molecule has 0 aromatic rings. The summed E-state index contributed by atoms with van der Waals surface area (Å²) in [6, 6.07) is 0. The fourth-order valence-electron chi connectivity index (χ4n) is 3.87. The number of carbonyl (C=O) groups excluding carboxylic acids is 1. The maximum Gasteiger partial charge on any atom is 0.233 e. The molecule has 3 saturated heterocycles. The van der Waals surface area contributed by atoms with Gasteiger partial charge in [0.25, 0.3) is 0 Å². The number of piperidine rings is 1. The summed E-state index contributed by atoms with van der Waals surface area (Å²) in [5, 5.41) is 0.490. The molecule has 2 atom stereocenters. The van der Waals surface area contributed by atoms with Gasteiger partial charge in [0.05, 0.1) is 11.1 Å². The van der Waals surface area contributed by atoms with Gasteiger partial charge >= 0.3 is 0 Å². The number of nitrogens with zero attached hydrogens (tertiary/aromatic N) is 1. The molecule has 3 heterocycles. The zero-order valence-corrected chi connectivity index (χ0v) is 12.3. The predicted molar refractivity (Wildman–Crippen MR) is 75.4 cm³/mol. The normalized spacial score (nSPS) is 40.7. The molecule has 3 fully saturated rings. The van der Waals surface area contributed by atoms with Gasteiger partial charge in [-0.25, -0.2) is 0 Å². The Hall–Kier alpha value is 0.170. The van der Waals surface area contributed by atoms with Crippen molar-refractivity contribution in [1.29, 1.82) is 0 Å². The van der Waals surface area contributed by atoms with Gasteiger partial charge in [-0.15, -0.1) is 11.8 Å². The lowest BCUT2D eigenvalue weighted by atomic mass is 9.71. The second-order valence-corrected chi connectivity index (χ2v) is 9.12. The summed E-state index contributed by atoms with van der Waals surface area (Å²) in [6.45, 7) is 5.75. The van der Waals surface area contributed by atoms with Gasteiger partial charge in [-0.2, -0.15) is 11.8 Å².